The Hall–Kier alpha value is -3.46. The number of nitro benzene ring substituents is 1. The number of hydrogen-bond acceptors (Lipinski definition) is 7. The lowest BCUT2D eigenvalue weighted by molar-refractivity contribution is -0.384. The van der Waals surface area contributed by atoms with E-state index in [0.717, 1.165) is 47.7 Å². The highest BCUT2D eigenvalue weighted by Crippen LogP contribution is 2.26. The summed E-state index contributed by atoms with van der Waals surface area (Å²) >= 11 is 1.51. The molecule has 1 aromatic heterocycles. The van der Waals surface area contributed by atoms with Crippen molar-refractivity contribution in [2.75, 3.05) is 18.0 Å². The smallest absolute Gasteiger partial charge is 0.269 e. The highest BCUT2D eigenvalue weighted by Gasteiger charge is 2.15. The lowest BCUT2D eigenvalue weighted by Crippen LogP contribution is -2.21. The first-order chi connectivity index (χ1) is 17.0. The summed E-state index contributed by atoms with van der Waals surface area (Å²) in [6.07, 6.45) is 7.41. The fourth-order valence-corrected chi connectivity index (χ4v) is 5.27. The summed E-state index contributed by atoms with van der Waals surface area (Å²) in [7, 11) is 0. The molecule has 0 bridgehead atoms. The summed E-state index contributed by atoms with van der Waals surface area (Å²) in [5.74, 6) is 0.164. The first-order valence-corrected chi connectivity index (χ1v) is 13.0. The van der Waals surface area contributed by atoms with Crippen LogP contribution < -0.4 is 9.70 Å². The quantitative estimate of drug-likeness (QED) is 0.244. The van der Waals surface area contributed by atoms with E-state index in [1.54, 1.807) is 29.1 Å². The van der Waals surface area contributed by atoms with Crippen LogP contribution in [0.4, 0.5) is 11.4 Å². The minimum atomic E-state index is -0.405. The minimum Gasteiger partial charge on any atom is -0.507 e. The second-order valence-electron chi connectivity index (χ2n) is 8.60. The molecule has 0 unspecified atom stereocenters. The molecule has 35 heavy (non-hydrogen) atoms. The number of rotatable bonds is 8. The zero-order chi connectivity index (χ0) is 24.8. The number of nitro groups is 1. The molecule has 0 amide bonds. The van der Waals surface area contributed by atoms with Gasteiger partial charge in [0.2, 0.25) is 4.80 Å². The standard InChI is InChI=1S/C26H31N5O3S/c1-3-29(4-2)23-15-12-20(25(32)16-23)17-27-30-24(19-10-13-22(14-11-19)31(33)34)18-35-26(30)28-21-8-6-5-7-9-21/h10-18,21,32H,3-9H2,1-2H3. The number of benzene rings is 2. The summed E-state index contributed by atoms with van der Waals surface area (Å²) in [6, 6.07) is 12.3. The SMILES string of the molecule is CCN(CC)c1ccc(C=Nn2c(-c3ccc([N+](=O)[O-])cc3)csc2=NC2CCCCC2)c(O)c1. The maximum absolute atomic E-state index is 11.1. The Morgan fingerprint density at radius 1 is 1.14 bits per heavy atom. The number of anilines is 1. The number of phenols is 1. The molecule has 1 N–H and O–H groups in total. The third-order valence-electron chi connectivity index (χ3n) is 6.38. The molecule has 4 rings (SSSR count). The molecule has 1 aliphatic rings. The zero-order valence-electron chi connectivity index (χ0n) is 20.1. The number of thiazole rings is 1. The number of hydrogen-bond donors (Lipinski definition) is 1. The van der Waals surface area contributed by atoms with Crippen molar-refractivity contribution >= 4 is 28.9 Å². The van der Waals surface area contributed by atoms with Gasteiger partial charge in [0.05, 0.1) is 22.9 Å². The maximum Gasteiger partial charge on any atom is 0.269 e. The largest absolute Gasteiger partial charge is 0.507 e. The number of nitrogens with zero attached hydrogens (tertiary/aromatic N) is 5. The second-order valence-corrected chi connectivity index (χ2v) is 9.44. The molecule has 1 fully saturated rings. The van der Waals surface area contributed by atoms with Crippen LogP contribution >= 0.6 is 11.3 Å². The van der Waals surface area contributed by atoms with E-state index in [-0.39, 0.29) is 17.5 Å². The number of phenolic OH excluding ortho intramolecular Hbond substituents is 1. The van der Waals surface area contributed by atoms with Crippen molar-refractivity contribution < 1.29 is 10.0 Å². The maximum atomic E-state index is 11.1. The van der Waals surface area contributed by atoms with Crippen molar-refractivity contribution in [1.29, 1.82) is 0 Å². The van der Waals surface area contributed by atoms with E-state index in [9.17, 15) is 15.2 Å². The van der Waals surface area contributed by atoms with Gasteiger partial charge in [-0.05, 0) is 51.0 Å². The highest BCUT2D eigenvalue weighted by atomic mass is 32.1. The van der Waals surface area contributed by atoms with Gasteiger partial charge in [0.1, 0.15) is 5.75 Å². The predicted octanol–water partition coefficient (Wildman–Crippen LogP) is 5.79. The van der Waals surface area contributed by atoms with Gasteiger partial charge in [-0.15, -0.1) is 11.3 Å². The fourth-order valence-electron chi connectivity index (χ4n) is 4.37. The summed E-state index contributed by atoms with van der Waals surface area (Å²) in [4.78, 5) is 18.6. The predicted molar refractivity (Wildman–Crippen MR) is 141 cm³/mol. The molecule has 0 aliphatic heterocycles. The second kappa shape index (κ2) is 11.3. The van der Waals surface area contributed by atoms with Crippen LogP contribution in [0.25, 0.3) is 11.3 Å². The molecule has 0 saturated heterocycles. The van der Waals surface area contributed by atoms with E-state index in [1.165, 1.54) is 42.7 Å². The summed E-state index contributed by atoms with van der Waals surface area (Å²) in [6.45, 7) is 5.89. The van der Waals surface area contributed by atoms with Gasteiger partial charge in [-0.25, -0.2) is 4.68 Å². The monoisotopic (exact) mass is 493 g/mol. The Morgan fingerprint density at radius 3 is 2.49 bits per heavy atom. The molecule has 1 saturated carbocycles. The van der Waals surface area contributed by atoms with Crippen LogP contribution in [0.15, 0.2) is 57.9 Å². The van der Waals surface area contributed by atoms with E-state index in [2.05, 4.69) is 18.7 Å². The van der Waals surface area contributed by atoms with Crippen LogP contribution in [-0.2, 0) is 0 Å². The normalized spacial score (nSPS) is 15.1. The third kappa shape index (κ3) is 5.79. The van der Waals surface area contributed by atoms with Crippen molar-refractivity contribution in [2.45, 2.75) is 52.0 Å². The van der Waals surface area contributed by atoms with E-state index in [0.29, 0.717) is 5.56 Å². The van der Waals surface area contributed by atoms with Gasteiger partial charge in [-0.1, -0.05) is 19.3 Å². The Labute approximate surface area is 209 Å². The van der Waals surface area contributed by atoms with Crippen molar-refractivity contribution in [1.82, 2.24) is 4.68 Å². The summed E-state index contributed by atoms with van der Waals surface area (Å²) in [5, 5.41) is 28.4. The Kier molecular flexibility index (Phi) is 7.97. The van der Waals surface area contributed by atoms with E-state index < -0.39 is 4.92 Å². The van der Waals surface area contributed by atoms with Crippen molar-refractivity contribution in [3.63, 3.8) is 0 Å². The van der Waals surface area contributed by atoms with Crippen LogP contribution in [0.1, 0.15) is 51.5 Å². The van der Waals surface area contributed by atoms with Crippen LogP contribution in [0.2, 0.25) is 0 Å². The number of non-ortho nitro benzene ring substituents is 1. The van der Waals surface area contributed by atoms with E-state index in [1.807, 2.05) is 17.5 Å². The highest BCUT2D eigenvalue weighted by molar-refractivity contribution is 7.07. The van der Waals surface area contributed by atoms with Crippen molar-refractivity contribution in [3.8, 4) is 17.0 Å². The topological polar surface area (TPSA) is 96.3 Å². The molecule has 9 heteroatoms. The molecule has 1 aliphatic carbocycles. The Bertz CT molecular complexity index is 1250. The number of aromatic hydroxyl groups is 1. The Balaban J connectivity index is 1.72. The molecule has 0 spiro atoms. The van der Waals surface area contributed by atoms with Crippen LogP contribution in [0.5, 0.6) is 5.75 Å². The number of aromatic nitrogens is 1. The van der Waals surface area contributed by atoms with Crippen LogP contribution in [0, 0.1) is 10.1 Å². The first-order valence-electron chi connectivity index (χ1n) is 12.1. The molecule has 3 aromatic rings. The van der Waals surface area contributed by atoms with Gasteiger partial charge in [0.15, 0.2) is 0 Å². The van der Waals surface area contributed by atoms with E-state index in [4.69, 9.17) is 10.1 Å². The lowest BCUT2D eigenvalue weighted by Gasteiger charge is -2.21. The lowest BCUT2D eigenvalue weighted by atomic mass is 9.96. The molecular weight excluding hydrogens is 462 g/mol. The van der Waals surface area contributed by atoms with Crippen LogP contribution in [0.3, 0.4) is 0 Å². The molecule has 0 radical (unpaired) electrons. The fraction of sp³-hybridized carbons (Fsp3) is 0.385. The Morgan fingerprint density at radius 2 is 1.86 bits per heavy atom. The van der Waals surface area contributed by atoms with E-state index >= 15 is 0 Å². The molecular formula is C26H31N5O3S. The average molecular weight is 494 g/mol. The molecule has 0 atom stereocenters. The van der Waals surface area contributed by atoms with Gasteiger partial charge in [0, 0.05) is 53.5 Å². The van der Waals surface area contributed by atoms with Crippen LogP contribution in [-0.4, -0.2) is 40.1 Å². The van der Waals surface area contributed by atoms with Crippen molar-refractivity contribution in [2.24, 2.45) is 10.1 Å². The average Bonchev–Trinajstić information content (AvgIpc) is 3.27. The van der Waals surface area contributed by atoms with Crippen molar-refractivity contribution in [3.05, 3.63) is 68.3 Å². The third-order valence-corrected chi connectivity index (χ3v) is 7.21. The summed E-state index contributed by atoms with van der Waals surface area (Å²) < 4.78 is 1.78. The zero-order valence-corrected chi connectivity index (χ0v) is 20.9. The first kappa shape index (κ1) is 24.7. The molecule has 184 valence electrons. The minimum absolute atomic E-state index is 0.0457. The van der Waals surface area contributed by atoms with Gasteiger partial charge in [0.25, 0.3) is 5.69 Å². The molecule has 1 heterocycles. The molecule has 8 nitrogen and oxygen atoms in total. The van der Waals surface area contributed by atoms with Gasteiger partial charge < -0.3 is 10.0 Å². The van der Waals surface area contributed by atoms with Gasteiger partial charge >= 0.3 is 0 Å². The summed E-state index contributed by atoms with van der Waals surface area (Å²) in [5.41, 5.74) is 3.24. The molecule has 2 aromatic carbocycles. The van der Waals surface area contributed by atoms with Gasteiger partial charge in [-0.3, -0.25) is 15.1 Å². The van der Waals surface area contributed by atoms with Gasteiger partial charge in [-0.2, -0.15) is 5.10 Å².